The molecule has 336 valence electrons. The summed E-state index contributed by atoms with van der Waals surface area (Å²) in [6, 6.07) is 5.36. The van der Waals surface area contributed by atoms with Gasteiger partial charge in [-0.15, -0.1) is 11.3 Å². The van der Waals surface area contributed by atoms with Crippen LogP contribution < -0.4 is 10.7 Å². The Labute approximate surface area is 373 Å². The molecule has 16 heteroatoms. The van der Waals surface area contributed by atoms with Crippen molar-refractivity contribution < 1.29 is 28.7 Å². The van der Waals surface area contributed by atoms with Gasteiger partial charge in [-0.3, -0.25) is 34.0 Å². The molecule has 3 aliphatic heterocycles. The Balaban J connectivity index is 1.26. The lowest BCUT2D eigenvalue weighted by atomic mass is 9.84. The normalized spacial score (nSPS) is 21.0. The number of rotatable bonds is 9. The summed E-state index contributed by atoms with van der Waals surface area (Å²) in [4.78, 5) is 87.1. The van der Waals surface area contributed by atoms with Crippen LogP contribution in [0.25, 0.3) is 33.7 Å². The van der Waals surface area contributed by atoms with Crippen molar-refractivity contribution in [2.75, 3.05) is 33.3 Å². The van der Waals surface area contributed by atoms with Crippen LogP contribution in [0.4, 0.5) is 0 Å². The van der Waals surface area contributed by atoms with Crippen molar-refractivity contribution in [1.29, 1.82) is 0 Å². The van der Waals surface area contributed by atoms with Crippen molar-refractivity contribution in [2.24, 2.45) is 17.3 Å². The first kappa shape index (κ1) is 45.5. The maximum Gasteiger partial charge on any atom is 0.324 e. The highest BCUT2D eigenvalue weighted by molar-refractivity contribution is 7.10. The summed E-state index contributed by atoms with van der Waals surface area (Å²) in [5.41, 5.74) is 9.84. The van der Waals surface area contributed by atoms with Crippen LogP contribution in [-0.4, -0.2) is 115 Å². The van der Waals surface area contributed by atoms with Gasteiger partial charge in [0.05, 0.1) is 51.3 Å². The third-order valence-electron chi connectivity index (χ3n) is 12.5. The fourth-order valence-corrected chi connectivity index (χ4v) is 10.1. The first-order valence-corrected chi connectivity index (χ1v) is 23.0. The molecule has 0 saturated carbocycles. The molecule has 7 rings (SSSR count). The van der Waals surface area contributed by atoms with Gasteiger partial charge in [0.25, 0.3) is 5.91 Å². The molecule has 0 radical (unpaired) electrons. The molecule has 7 heterocycles. The molecule has 2 N–H and O–H groups in total. The Morgan fingerprint density at radius 3 is 2.59 bits per heavy atom. The van der Waals surface area contributed by atoms with E-state index in [0.29, 0.717) is 61.7 Å². The molecule has 63 heavy (non-hydrogen) atoms. The minimum atomic E-state index is -1.09. The zero-order valence-corrected chi connectivity index (χ0v) is 38.6. The number of esters is 1. The molecule has 6 bridgehead atoms. The number of hydrogen-bond donors (Lipinski definition) is 2. The second-order valence-electron chi connectivity index (χ2n) is 18.5. The minimum absolute atomic E-state index is 0.0588. The molecule has 3 aliphatic rings. The Morgan fingerprint density at radius 1 is 1.10 bits per heavy atom. The van der Waals surface area contributed by atoms with Gasteiger partial charge in [-0.2, -0.15) is 0 Å². The molecular weight excluding hydrogens is 819 g/mol. The van der Waals surface area contributed by atoms with Gasteiger partial charge in [0.15, 0.2) is 0 Å². The SMILES string of the molecule is C=CC(=O)N1CC[C@H](C(=O)N(C)[C@H](C(=O)N[C@H]2Cc3nc(cs3)-c3ccc4c(n3)c(c(-c3cccnc3C(C)C)n4CC)CC(C)(C)COC(=O)[C@@H]3CCCN(N3)C2=O)C(C)C)C1. The number of cyclic esters (lactones) is 1. The minimum Gasteiger partial charge on any atom is -0.464 e. The van der Waals surface area contributed by atoms with Crippen molar-refractivity contribution >= 4 is 52.0 Å². The van der Waals surface area contributed by atoms with Crippen molar-refractivity contribution in [3.05, 3.63) is 64.8 Å². The lowest BCUT2D eigenvalue weighted by Gasteiger charge is -2.36. The number of likely N-dealkylation sites (N-methyl/N-ethyl adjacent to an activating group) is 1. The molecule has 4 atom stereocenters. The number of hydrogen-bond acceptors (Lipinski definition) is 11. The maximum atomic E-state index is 14.6. The number of carbonyl (C=O) groups excluding carboxylic acids is 5. The van der Waals surface area contributed by atoms with Crippen LogP contribution in [0.1, 0.15) is 89.9 Å². The van der Waals surface area contributed by atoms with E-state index in [9.17, 15) is 24.0 Å². The average molecular weight is 880 g/mol. The highest BCUT2D eigenvalue weighted by atomic mass is 32.1. The van der Waals surface area contributed by atoms with Gasteiger partial charge in [-0.25, -0.2) is 15.4 Å². The number of aromatic nitrogens is 4. The van der Waals surface area contributed by atoms with Crippen LogP contribution in [-0.2, 0) is 48.1 Å². The number of nitrogens with zero attached hydrogens (tertiary/aromatic N) is 7. The summed E-state index contributed by atoms with van der Waals surface area (Å²) >= 11 is 1.38. The zero-order chi connectivity index (χ0) is 45.3. The Bertz CT molecular complexity index is 2400. The van der Waals surface area contributed by atoms with E-state index in [1.165, 1.54) is 27.3 Å². The van der Waals surface area contributed by atoms with Gasteiger partial charge in [0.2, 0.25) is 17.7 Å². The number of thiazole rings is 1. The molecule has 4 aromatic heterocycles. The van der Waals surface area contributed by atoms with E-state index in [-0.39, 0.29) is 43.2 Å². The molecule has 2 fully saturated rings. The number of carbonyl (C=O) groups is 5. The topological polar surface area (TPSA) is 172 Å². The van der Waals surface area contributed by atoms with E-state index >= 15 is 0 Å². The largest absolute Gasteiger partial charge is 0.464 e. The quantitative estimate of drug-likeness (QED) is 0.161. The van der Waals surface area contributed by atoms with Crippen molar-refractivity contribution in [2.45, 2.75) is 111 Å². The summed E-state index contributed by atoms with van der Waals surface area (Å²) in [7, 11) is 1.60. The predicted molar refractivity (Wildman–Crippen MR) is 242 cm³/mol. The Morgan fingerprint density at radius 2 is 1.87 bits per heavy atom. The second kappa shape index (κ2) is 18.7. The van der Waals surface area contributed by atoms with Crippen LogP contribution in [0, 0.1) is 17.3 Å². The maximum absolute atomic E-state index is 14.6. The van der Waals surface area contributed by atoms with Crippen molar-refractivity contribution in [1.82, 2.24) is 45.1 Å². The summed E-state index contributed by atoms with van der Waals surface area (Å²) in [5, 5.41) is 6.94. The van der Waals surface area contributed by atoms with Gasteiger partial charge in [0.1, 0.15) is 18.1 Å². The summed E-state index contributed by atoms with van der Waals surface area (Å²) in [5.74, 6) is -2.48. The summed E-state index contributed by atoms with van der Waals surface area (Å²) in [6.45, 7) is 19.7. The molecule has 0 aliphatic carbocycles. The third kappa shape index (κ3) is 9.42. The Kier molecular flexibility index (Phi) is 13.5. The van der Waals surface area contributed by atoms with E-state index in [1.807, 2.05) is 37.6 Å². The fourth-order valence-electron chi connectivity index (χ4n) is 9.31. The molecule has 15 nitrogen and oxygen atoms in total. The monoisotopic (exact) mass is 879 g/mol. The molecule has 4 amide bonds. The number of nitrogens with one attached hydrogen (secondary N) is 2. The molecule has 0 aromatic carbocycles. The van der Waals surface area contributed by atoms with Crippen molar-refractivity contribution in [3.63, 3.8) is 0 Å². The molecule has 4 aromatic rings. The van der Waals surface area contributed by atoms with Gasteiger partial charge < -0.3 is 24.4 Å². The predicted octanol–water partition coefficient (Wildman–Crippen LogP) is 5.53. The summed E-state index contributed by atoms with van der Waals surface area (Å²) < 4.78 is 8.38. The average Bonchev–Trinajstić information content (AvgIpc) is 4.02. The van der Waals surface area contributed by atoms with E-state index in [4.69, 9.17) is 19.7 Å². The number of ether oxygens (including phenoxy) is 1. The molecular formula is C47H61N9O6S. The third-order valence-corrected chi connectivity index (χ3v) is 13.3. The highest BCUT2D eigenvalue weighted by Gasteiger charge is 2.40. The lowest BCUT2D eigenvalue weighted by molar-refractivity contribution is -0.155. The number of fused-ring (bicyclic) bond motifs is 6. The second-order valence-corrected chi connectivity index (χ2v) is 19.4. The number of pyridine rings is 2. The fraction of sp³-hybridized carbons (Fsp3) is 0.532. The van der Waals surface area contributed by atoms with E-state index in [2.05, 4.69) is 68.6 Å². The van der Waals surface area contributed by atoms with Gasteiger partial charge in [-0.05, 0) is 74.8 Å². The van der Waals surface area contributed by atoms with Crippen molar-refractivity contribution in [3.8, 4) is 22.6 Å². The van der Waals surface area contributed by atoms with Crippen LogP contribution >= 0.6 is 11.3 Å². The number of hydrazine groups is 1. The van der Waals surface area contributed by atoms with Gasteiger partial charge in [-0.1, -0.05) is 48.1 Å². The number of aryl methyl sites for hydroxylation is 1. The number of amides is 4. The smallest absolute Gasteiger partial charge is 0.324 e. The summed E-state index contributed by atoms with van der Waals surface area (Å²) in [6.07, 6.45) is 5.17. The Hall–Kier alpha value is -5.48. The standard InChI is InChI=1S/C47H61N9O6S/c1-10-38(57)54-21-18-29(24-54)44(59)53(9)41(28(5)6)43(58)51-34-22-37-49-35(25-63-37)32-16-17-36-40(50-32)31(42(55(36)11-2)30-14-12-19-48-39(30)27(3)4)23-47(7,8)26-62-46(61)33-15-13-20-56(52-33)45(34)60/h10,12,14,16-17,19,25,27-29,33-34,41,52H,1,11,13,15,18,20-24,26H2,2-9H3,(H,51,58)/t29-,33-,34-,41-/m0/s1. The lowest BCUT2D eigenvalue weighted by Crippen LogP contribution is -2.62. The van der Waals surface area contributed by atoms with Gasteiger partial charge >= 0.3 is 5.97 Å². The van der Waals surface area contributed by atoms with Gasteiger partial charge in [0, 0.05) is 67.8 Å². The van der Waals surface area contributed by atoms with E-state index in [0.717, 1.165) is 33.5 Å². The molecule has 2 saturated heterocycles. The first-order chi connectivity index (χ1) is 30.0. The molecule has 0 unspecified atom stereocenters. The first-order valence-electron chi connectivity index (χ1n) is 22.2. The number of likely N-dealkylation sites (tertiary alicyclic amines) is 1. The van der Waals surface area contributed by atoms with Crippen LogP contribution in [0.2, 0.25) is 0 Å². The molecule has 0 spiro atoms. The van der Waals surface area contributed by atoms with E-state index < -0.39 is 47.2 Å². The van der Waals surface area contributed by atoms with Crippen LogP contribution in [0.15, 0.2) is 48.5 Å². The zero-order valence-electron chi connectivity index (χ0n) is 37.8. The van der Waals surface area contributed by atoms with Crippen LogP contribution in [0.3, 0.4) is 0 Å². The van der Waals surface area contributed by atoms with Crippen LogP contribution in [0.5, 0.6) is 0 Å². The van der Waals surface area contributed by atoms with E-state index in [1.54, 1.807) is 11.9 Å². The highest BCUT2D eigenvalue weighted by Crippen LogP contribution is 2.40.